The Kier molecular flexibility index (Phi) is 6.02. The normalized spacial score (nSPS) is 16.2. The zero-order valence-electron chi connectivity index (χ0n) is 19.5. The molecule has 184 valence electrons. The van der Waals surface area contributed by atoms with E-state index in [4.69, 9.17) is 0 Å². The highest BCUT2D eigenvalue weighted by Crippen LogP contribution is 2.34. The van der Waals surface area contributed by atoms with Crippen molar-refractivity contribution in [1.29, 1.82) is 0 Å². The molecule has 4 aromatic rings. The number of aryl methyl sites for hydroxylation is 2. The van der Waals surface area contributed by atoms with E-state index in [1.807, 2.05) is 53.8 Å². The number of aliphatic hydroxyl groups excluding tert-OH is 1. The second-order valence-corrected chi connectivity index (χ2v) is 8.95. The van der Waals surface area contributed by atoms with Gasteiger partial charge in [0.05, 0.1) is 28.8 Å². The molecule has 0 saturated carbocycles. The second kappa shape index (κ2) is 9.01. The van der Waals surface area contributed by atoms with Crippen molar-refractivity contribution in [2.45, 2.75) is 32.8 Å². The molecular weight excluding hydrogens is 457 g/mol. The molecule has 0 amide bonds. The van der Waals surface area contributed by atoms with Gasteiger partial charge in [-0.05, 0) is 50.2 Å². The summed E-state index contributed by atoms with van der Waals surface area (Å²) >= 11 is 0. The topological polar surface area (TPSA) is 73.2 Å². The van der Waals surface area contributed by atoms with Crippen LogP contribution in [0.5, 0.6) is 0 Å². The van der Waals surface area contributed by atoms with Crippen LogP contribution in [0.25, 0.3) is 22.4 Å². The first kappa shape index (κ1) is 23.4. The molecule has 0 bridgehead atoms. The smallest absolute Gasteiger partial charge is 0.376 e. The molecule has 1 aliphatic rings. The van der Waals surface area contributed by atoms with Crippen LogP contribution in [0.4, 0.5) is 18.9 Å². The Bertz CT molecular complexity index is 1340. The maximum absolute atomic E-state index is 13.1. The van der Waals surface area contributed by atoms with E-state index in [1.165, 1.54) is 6.07 Å². The number of halogens is 3. The van der Waals surface area contributed by atoms with Crippen molar-refractivity contribution < 1.29 is 18.3 Å². The molecule has 3 heterocycles. The third-order valence-electron chi connectivity index (χ3n) is 6.48. The Morgan fingerprint density at radius 2 is 1.77 bits per heavy atom. The first-order valence-corrected chi connectivity index (χ1v) is 11.5. The number of aromatic amines is 1. The highest BCUT2D eigenvalue weighted by atomic mass is 19.4. The Balaban J connectivity index is 1.32. The van der Waals surface area contributed by atoms with Gasteiger partial charge in [-0.3, -0.25) is 9.58 Å². The van der Waals surface area contributed by atoms with E-state index in [0.29, 0.717) is 49.6 Å². The van der Waals surface area contributed by atoms with Crippen LogP contribution < -0.4 is 4.90 Å². The number of aromatic nitrogens is 4. The summed E-state index contributed by atoms with van der Waals surface area (Å²) in [6.45, 7) is 7.06. The monoisotopic (exact) mass is 484 g/mol. The van der Waals surface area contributed by atoms with Crippen molar-refractivity contribution in [1.82, 2.24) is 24.6 Å². The van der Waals surface area contributed by atoms with Crippen molar-refractivity contribution in [3.63, 3.8) is 0 Å². The van der Waals surface area contributed by atoms with Crippen LogP contribution in [-0.2, 0) is 12.7 Å². The van der Waals surface area contributed by atoms with Gasteiger partial charge in [0.25, 0.3) is 0 Å². The van der Waals surface area contributed by atoms with E-state index in [-0.39, 0.29) is 0 Å². The summed E-state index contributed by atoms with van der Waals surface area (Å²) in [4.78, 5) is 11.9. The van der Waals surface area contributed by atoms with Crippen molar-refractivity contribution in [3.05, 3.63) is 65.5 Å². The molecule has 1 saturated heterocycles. The molecule has 1 atom stereocenters. The molecule has 2 aromatic heterocycles. The van der Waals surface area contributed by atoms with Crippen LogP contribution in [0.15, 0.2) is 48.5 Å². The van der Waals surface area contributed by atoms with Gasteiger partial charge in [0, 0.05) is 43.1 Å². The summed E-state index contributed by atoms with van der Waals surface area (Å²) in [5, 5.41) is 15.2. The predicted molar refractivity (Wildman–Crippen MR) is 128 cm³/mol. The summed E-state index contributed by atoms with van der Waals surface area (Å²) in [7, 11) is 0. The highest BCUT2D eigenvalue weighted by Gasteiger charge is 2.31. The van der Waals surface area contributed by atoms with Gasteiger partial charge in [0.15, 0.2) is 0 Å². The van der Waals surface area contributed by atoms with E-state index in [9.17, 15) is 18.3 Å². The summed E-state index contributed by atoms with van der Waals surface area (Å²) in [5.41, 5.74) is 3.85. The van der Waals surface area contributed by atoms with Gasteiger partial charge >= 0.3 is 6.18 Å². The molecule has 1 fully saturated rings. The SMILES string of the molecule is Cc1cc(C)n(CC(O)N2CCN(c3ccccc3-c3nc4ccc(C(F)(F)F)cc4[nH]3)CC2)n1. The van der Waals surface area contributed by atoms with E-state index < -0.39 is 18.0 Å². The zero-order chi connectivity index (χ0) is 24.7. The Morgan fingerprint density at radius 3 is 2.46 bits per heavy atom. The number of alkyl halides is 3. The number of hydrogen-bond acceptors (Lipinski definition) is 5. The summed E-state index contributed by atoms with van der Waals surface area (Å²) in [5.74, 6) is 0.530. The molecule has 0 spiro atoms. The van der Waals surface area contributed by atoms with Crippen LogP contribution in [0, 0.1) is 13.8 Å². The van der Waals surface area contributed by atoms with Crippen molar-refractivity contribution in [2.24, 2.45) is 0 Å². The van der Waals surface area contributed by atoms with Crippen LogP contribution in [-0.4, -0.2) is 62.2 Å². The maximum atomic E-state index is 13.1. The standard InChI is InChI=1S/C25H27F3N6O/c1-16-13-17(2)34(31-16)15-23(35)33-11-9-32(10-12-33)22-6-4-3-5-19(22)24-29-20-8-7-18(25(26,27)28)14-21(20)30-24/h3-8,13-14,23,35H,9-12,15H2,1-2H3,(H,29,30). The molecule has 0 aliphatic carbocycles. The highest BCUT2D eigenvalue weighted by molar-refractivity contribution is 5.84. The van der Waals surface area contributed by atoms with Crippen molar-refractivity contribution in [2.75, 3.05) is 31.1 Å². The predicted octanol–water partition coefficient (Wildman–Crippen LogP) is 4.20. The number of H-pyrrole nitrogens is 1. The number of piperazine rings is 1. The van der Waals surface area contributed by atoms with Gasteiger partial charge in [-0.1, -0.05) is 12.1 Å². The lowest BCUT2D eigenvalue weighted by molar-refractivity contribution is -0.137. The van der Waals surface area contributed by atoms with Crippen LogP contribution >= 0.6 is 0 Å². The van der Waals surface area contributed by atoms with Crippen LogP contribution in [0.2, 0.25) is 0 Å². The number of imidazole rings is 1. The quantitative estimate of drug-likeness (QED) is 0.444. The lowest BCUT2D eigenvalue weighted by Gasteiger charge is -2.39. The molecule has 2 aromatic carbocycles. The molecule has 5 rings (SSSR count). The fourth-order valence-corrected chi connectivity index (χ4v) is 4.65. The van der Waals surface area contributed by atoms with Gasteiger partial charge in [-0.25, -0.2) is 4.98 Å². The second-order valence-electron chi connectivity index (χ2n) is 8.95. The molecule has 10 heteroatoms. The van der Waals surface area contributed by atoms with E-state index in [2.05, 4.69) is 20.0 Å². The molecule has 35 heavy (non-hydrogen) atoms. The minimum Gasteiger partial charge on any atom is -0.376 e. The number of nitrogens with one attached hydrogen (secondary N) is 1. The first-order chi connectivity index (χ1) is 16.7. The van der Waals surface area contributed by atoms with Crippen LogP contribution in [0.3, 0.4) is 0 Å². The fraction of sp³-hybridized carbons (Fsp3) is 0.360. The van der Waals surface area contributed by atoms with E-state index in [1.54, 1.807) is 0 Å². The number of rotatable bonds is 5. The van der Waals surface area contributed by atoms with Crippen molar-refractivity contribution >= 4 is 16.7 Å². The Morgan fingerprint density at radius 1 is 1.03 bits per heavy atom. The lowest BCUT2D eigenvalue weighted by atomic mass is 10.1. The number of para-hydroxylation sites is 1. The molecule has 0 radical (unpaired) electrons. The Hall–Kier alpha value is -3.37. The fourth-order valence-electron chi connectivity index (χ4n) is 4.65. The largest absolute Gasteiger partial charge is 0.416 e. The molecule has 2 N–H and O–H groups in total. The van der Waals surface area contributed by atoms with Gasteiger partial charge in [-0.15, -0.1) is 0 Å². The maximum Gasteiger partial charge on any atom is 0.416 e. The molecule has 1 unspecified atom stereocenters. The van der Waals surface area contributed by atoms with Gasteiger partial charge < -0.3 is 15.0 Å². The number of hydrogen-bond donors (Lipinski definition) is 2. The number of nitrogens with zero attached hydrogens (tertiary/aromatic N) is 5. The summed E-state index contributed by atoms with van der Waals surface area (Å²) < 4.78 is 41.2. The lowest BCUT2D eigenvalue weighted by Crippen LogP contribution is -2.51. The number of aliphatic hydroxyl groups is 1. The zero-order valence-corrected chi connectivity index (χ0v) is 19.5. The number of fused-ring (bicyclic) bond motifs is 1. The average molecular weight is 485 g/mol. The van der Waals surface area contributed by atoms with Crippen molar-refractivity contribution in [3.8, 4) is 11.4 Å². The van der Waals surface area contributed by atoms with E-state index in [0.717, 1.165) is 34.8 Å². The van der Waals surface area contributed by atoms with Gasteiger partial charge in [0.2, 0.25) is 0 Å². The molecule has 1 aliphatic heterocycles. The Labute approximate surface area is 200 Å². The summed E-state index contributed by atoms with van der Waals surface area (Å²) in [6.07, 6.45) is -5.04. The molecule has 7 nitrogen and oxygen atoms in total. The van der Waals surface area contributed by atoms with Crippen LogP contribution in [0.1, 0.15) is 17.0 Å². The van der Waals surface area contributed by atoms with Gasteiger partial charge in [0.1, 0.15) is 12.1 Å². The van der Waals surface area contributed by atoms with E-state index >= 15 is 0 Å². The third-order valence-corrected chi connectivity index (χ3v) is 6.48. The van der Waals surface area contributed by atoms with Gasteiger partial charge in [-0.2, -0.15) is 18.3 Å². The summed E-state index contributed by atoms with van der Waals surface area (Å²) in [6, 6.07) is 13.3. The average Bonchev–Trinajstić information content (AvgIpc) is 3.40. The number of anilines is 1. The molecular formula is C25H27F3N6O. The third kappa shape index (κ3) is 4.76. The first-order valence-electron chi connectivity index (χ1n) is 11.5. The minimum atomic E-state index is -4.41. The minimum absolute atomic E-state index is 0.349. The number of benzene rings is 2.